The second-order valence-electron chi connectivity index (χ2n) is 5.38. The lowest BCUT2D eigenvalue weighted by atomic mass is 10.1. The van der Waals surface area contributed by atoms with Crippen molar-refractivity contribution in [1.29, 1.82) is 0 Å². The van der Waals surface area contributed by atoms with Crippen LogP contribution in [0.25, 0.3) is 6.08 Å². The van der Waals surface area contributed by atoms with Crippen LogP contribution < -0.4 is 14.2 Å². The molecular weight excluding hydrogens is 334 g/mol. The number of carbonyl (C=O) groups is 1. The van der Waals surface area contributed by atoms with Crippen LogP contribution in [0, 0.1) is 0 Å². The van der Waals surface area contributed by atoms with Crippen LogP contribution in [0.2, 0.25) is 0 Å². The Bertz CT molecular complexity index is 886. The molecule has 0 spiro atoms. The minimum atomic E-state index is -0.513. The summed E-state index contributed by atoms with van der Waals surface area (Å²) >= 11 is 0. The monoisotopic (exact) mass is 353 g/mol. The molecule has 6 heteroatoms. The highest BCUT2D eigenvalue weighted by Crippen LogP contribution is 2.30. The van der Waals surface area contributed by atoms with Gasteiger partial charge in [-0.3, -0.25) is 0 Å². The van der Waals surface area contributed by atoms with Gasteiger partial charge in [0.2, 0.25) is 5.90 Å². The summed E-state index contributed by atoms with van der Waals surface area (Å²) in [6.45, 7) is 2.44. The normalized spacial score (nSPS) is 14.8. The zero-order chi connectivity index (χ0) is 18.5. The molecule has 0 atom stereocenters. The first-order chi connectivity index (χ1) is 12.7. The molecule has 1 heterocycles. The third kappa shape index (κ3) is 3.54. The minimum absolute atomic E-state index is 0.210. The van der Waals surface area contributed by atoms with Gasteiger partial charge in [0.15, 0.2) is 17.2 Å². The fourth-order valence-corrected chi connectivity index (χ4v) is 2.54. The number of hydrogen-bond donors (Lipinski definition) is 0. The highest BCUT2D eigenvalue weighted by molar-refractivity contribution is 6.13. The second kappa shape index (κ2) is 7.74. The number of aliphatic imine (C=N–C) groups is 1. The van der Waals surface area contributed by atoms with Crippen LogP contribution in [-0.4, -0.2) is 32.7 Å². The van der Waals surface area contributed by atoms with Gasteiger partial charge in [0.05, 0.1) is 20.8 Å². The maximum absolute atomic E-state index is 12.2. The average molecular weight is 353 g/mol. The number of benzene rings is 2. The van der Waals surface area contributed by atoms with Crippen LogP contribution >= 0.6 is 0 Å². The van der Waals surface area contributed by atoms with Crippen molar-refractivity contribution in [1.82, 2.24) is 0 Å². The summed E-state index contributed by atoms with van der Waals surface area (Å²) in [5.74, 6) is 1.51. The van der Waals surface area contributed by atoms with E-state index in [2.05, 4.69) is 4.99 Å². The van der Waals surface area contributed by atoms with Gasteiger partial charge in [0.1, 0.15) is 5.75 Å². The van der Waals surface area contributed by atoms with E-state index in [9.17, 15) is 4.79 Å². The first-order valence-electron chi connectivity index (χ1n) is 8.13. The topological polar surface area (TPSA) is 66.3 Å². The summed E-state index contributed by atoms with van der Waals surface area (Å²) < 4.78 is 21.4. The first kappa shape index (κ1) is 17.5. The molecule has 0 N–H and O–H groups in total. The van der Waals surface area contributed by atoms with Gasteiger partial charge in [-0.1, -0.05) is 18.2 Å². The Morgan fingerprint density at radius 3 is 2.54 bits per heavy atom. The third-order valence-electron chi connectivity index (χ3n) is 3.76. The van der Waals surface area contributed by atoms with E-state index < -0.39 is 5.97 Å². The smallest absolute Gasteiger partial charge is 0.363 e. The zero-order valence-electron chi connectivity index (χ0n) is 14.8. The number of methoxy groups -OCH3 is 2. The van der Waals surface area contributed by atoms with Crippen molar-refractivity contribution in [3.63, 3.8) is 0 Å². The van der Waals surface area contributed by atoms with E-state index in [0.29, 0.717) is 29.4 Å². The molecule has 0 aliphatic carbocycles. The maximum Gasteiger partial charge on any atom is 0.363 e. The summed E-state index contributed by atoms with van der Waals surface area (Å²) in [7, 11) is 3.10. The van der Waals surface area contributed by atoms with Crippen molar-refractivity contribution >= 4 is 17.9 Å². The van der Waals surface area contributed by atoms with Crippen molar-refractivity contribution in [2.24, 2.45) is 4.99 Å². The van der Waals surface area contributed by atoms with Crippen LogP contribution in [0.1, 0.15) is 18.1 Å². The minimum Gasteiger partial charge on any atom is -0.493 e. The predicted octanol–water partition coefficient (Wildman–Crippen LogP) is 3.45. The van der Waals surface area contributed by atoms with Gasteiger partial charge >= 0.3 is 5.97 Å². The van der Waals surface area contributed by atoms with E-state index in [1.165, 1.54) is 0 Å². The largest absolute Gasteiger partial charge is 0.493 e. The first-order valence-corrected chi connectivity index (χ1v) is 8.13. The molecule has 0 amide bonds. The van der Waals surface area contributed by atoms with Gasteiger partial charge < -0.3 is 18.9 Å². The Morgan fingerprint density at radius 2 is 1.81 bits per heavy atom. The summed E-state index contributed by atoms with van der Waals surface area (Å²) in [6, 6.07) is 12.6. The molecule has 2 aromatic rings. The van der Waals surface area contributed by atoms with Gasteiger partial charge in [-0.25, -0.2) is 9.79 Å². The van der Waals surface area contributed by atoms with Crippen LogP contribution in [-0.2, 0) is 9.53 Å². The van der Waals surface area contributed by atoms with E-state index >= 15 is 0 Å². The number of para-hydroxylation sites is 1. The molecule has 0 saturated carbocycles. The quantitative estimate of drug-likeness (QED) is 0.588. The predicted molar refractivity (Wildman–Crippen MR) is 97.8 cm³/mol. The number of rotatable bonds is 6. The Kier molecular flexibility index (Phi) is 5.22. The lowest BCUT2D eigenvalue weighted by molar-refractivity contribution is -0.129. The van der Waals surface area contributed by atoms with Crippen LogP contribution in [0.3, 0.4) is 0 Å². The molecule has 0 unspecified atom stereocenters. The van der Waals surface area contributed by atoms with Gasteiger partial charge in [-0.15, -0.1) is 0 Å². The van der Waals surface area contributed by atoms with Crippen molar-refractivity contribution in [3.8, 4) is 17.2 Å². The Labute approximate surface area is 151 Å². The fourth-order valence-electron chi connectivity index (χ4n) is 2.54. The van der Waals surface area contributed by atoms with Crippen LogP contribution in [0.15, 0.2) is 53.2 Å². The van der Waals surface area contributed by atoms with E-state index in [-0.39, 0.29) is 11.6 Å². The molecule has 26 heavy (non-hydrogen) atoms. The lowest BCUT2D eigenvalue weighted by Crippen LogP contribution is -2.06. The molecule has 0 fully saturated rings. The Hall–Kier alpha value is -3.28. The average Bonchev–Trinajstić information content (AvgIpc) is 3.03. The van der Waals surface area contributed by atoms with E-state index in [0.717, 1.165) is 5.56 Å². The number of esters is 1. The third-order valence-corrected chi connectivity index (χ3v) is 3.76. The second-order valence-corrected chi connectivity index (χ2v) is 5.38. The standard InChI is InChI=1S/C20H19NO5/c1-4-25-16-8-6-5-7-13(16)11-15-20(22)26-19(21-15)14-9-10-17(23-2)18(12-14)24-3/h5-12H,4H2,1-3H3/b15-11-. The highest BCUT2D eigenvalue weighted by Gasteiger charge is 2.25. The summed E-state index contributed by atoms with van der Waals surface area (Å²) in [5, 5.41) is 0. The number of nitrogens with zero attached hydrogens (tertiary/aromatic N) is 1. The van der Waals surface area contributed by atoms with Gasteiger partial charge in [-0.2, -0.15) is 0 Å². The number of carbonyl (C=O) groups excluding carboxylic acids is 1. The number of ether oxygens (including phenoxy) is 4. The molecule has 0 bridgehead atoms. The Morgan fingerprint density at radius 1 is 1.04 bits per heavy atom. The van der Waals surface area contributed by atoms with Crippen LogP contribution in [0.4, 0.5) is 0 Å². The fraction of sp³-hybridized carbons (Fsp3) is 0.200. The Balaban J connectivity index is 1.95. The molecule has 1 aliphatic rings. The molecule has 0 radical (unpaired) electrons. The van der Waals surface area contributed by atoms with Crippen molar-refractivity contribution in [2.75, 3.05) is 20.8 Å². The van der Waals surface area contributed by atoms with Gasteiger partial charge in [0, 0.05) is 11.1 Å². The zero-order valence-corrected chi connectivity index (χ0v) is 14.8. The van der Waals surface area contributed by atoms with Gasteiger partial charge in [0.25, 0.3) is 0 Å². The molecule has 6 nitrogen and oxygen atoms in total. The number of hydrogen-bond acceptors (Lipinski definition) is 6. The van der Waals surface area contributed by atoms with Gasteiger partial charge in [-0.05, 0) is 37.3 Å². The van der Waals surface area contributed by atoms with Crippen molar-refractivity contribution in [3.05, 3.63) is 59.3 Å². The summed E-state index contributed by atoms with van der Waals surface area (Å²) in [4.78, 5) is 16.5. The highest BCUT2D eigenvalue weighted by atomic mass is 16.6. The summed E-state index contributed by atoms with van der Waals surface area (Å²) in [5.41, 5.74) is 1.60. The molecule has 0 aromatic heterocycles. The molecule has 134 valence electrons. The van der Waals surface area contributed by atoms with E-state index in [1.54, 1.807) is 38.5 Å². The van der Waals surface area contributed by atoms with Crippen LogP contribution in [0.5, 0.6) is 17.2 Å². The number of cyclic esters (lactones) is 1. The maximum atomic E-state index is 12.2. The molecule has 3 rings (SSSR count). The van der Waals surface area contributed by atoms with Crippen molar-refractivity contribution in [2.45, 2.75) is 6.92 Å². The summed E-state index contributed by atoms with van der Waals surface area (Å²) in [6.07, 6.45) is 1.65. The molecule has 2 aromatic carbocycles. The van der Waals surface area contributed by atoms with Crippen molar-refractivity contribution < 1.29 is 23.7 Å². The SMILES string of the molecule is CCOc1ccccc1/C=C1\N=C(c2ccc(OC)c(OC)c2)OC1=O. The molecule has 0 saturated heterocycles. The van der Waals surface area contributed by atoms with E-state index in [4.69, 9.17) is 18.9 Å². The molecule has 1 aliphatic heterocycles. The lowest BCUT2D eigenvalue weighted by Gasteiger charge is -2.08. The molecular formula is C20H19NO5. The van der Waals surface area contributed by atoms with E-state index in [1.807, 2.05) is 31.2 Å².